The van der Waals surface area contributed by atoms with Crippen molar-refractivity contribution in [3.05, 3.63) is 23.8 Å². The van der Waals surface area contributed by atoms with E-state index in [0.29, 0.717) is 6.61 Å². The number of hydrogen-bond donors (Lipinski definition) is 1. The first-order valence-corrected chi connectivity index (χ1v) is 6.78. The third-order valence-corrected chi connectivity index (χ3v) is 2.60. The van der Waals surface area contributed by atoms with Gasteiger partial charge < -0.3 is 14.8 Å². The molecule has 0 radical (unpaired) electrons. The van der Waals surface area contributed by atoms with Gasteiger partial charge in [-0.1, -0.05) is 13.0 Å². The number of hydrogen-bond acceptors (Lipinski definition) is 3. The predicted molar refractivity (Wildman–Crippen MR) is 78.6 cm³/mol. The molecule has 0 fully saturated rings. The third kappa shape index (κ3) is 5.67. The van der Waals surface area contributed by atoms with Crippen LogP contribution in [0.25, 0.3) is 0 Å². The minimum absolute atomic E-state index is 0.637. The van der Waals surface area contributed by atoms with Gasteiger partial charge >= 0.3 is 0 Å². The van der Waals surface area contributed by atoms with Gasteiger partial charge in [0, 0.05) is 24.6 Å². The molecule has 0 aliphatic rings. The fraction of sp³-hybridized carbons (Fsp3) is 0.500. The fourth-order valence-corrected chi connectivity index (χ4v) is 1.67. The highest BCUT2D eigenvalue weighted by molar-refractivity contribution is 5.40. The van der Waals surface area contributed by atoms with E-state index in [1.165, 1.54) is 0 Å². The molecule has 19 heavy (non-hydrogen) atoms. The molecule has 1 N–H and O–H groups in total. The molecule has 1 aromatic rings. The van der Waals surface area contributed by atoms with Crippen molar-refractivity contribution < 1.29 is 9.47 Å². The Morgan fingerprint density at radius 3 is 2.79 bits per heavy atom. The van der Waals surface area contributed by atoms with Gasteiger partial charge in [0.25, 0.3) is 0 Å². The van der Waals surface area contributed by atoms with Gasteiger partial charge in [-0.05, 0) is 26.0 Å². The first kappa shape index (κ1) is 15.4. The van der Waals surface area contributed by atoms with Crippen LogP contribution in [0, 0.1) is 12.3 Å². The highest BCUT2D eigenvalue weighted by atomic mass is 16.5. The van der Waals surface area contributed by atoms with Crippen molar-refractivity contribution in [2.24, 2.45) is 0 Å². The molecule has 0 aliphatic carbocycles. The van der Waals surface area contributed by atoms with E-state index in [4.69, 9.17) is 15.9 Å². The molecule has 0 saturated carbocycles. The number of rotatable bonds is 9. The Morgan fingerprint density at radius 1 is 1.26 bits per heavy atom. The van der Waals surface area contributed by atoms with Gasteiger partial charge in [-0.2, -0.15) is 0 Å². The Morgan fingerprint density at radius 2 is 2.11 bits per heavy atom. The van der Waals surface area contributed by atoms with Crippen molar-refractivity contribution in [1.82, 2.24) is 5.32 Å². The lowest BCUT2D eigenvalue weighted by Gasteiger charge is -2.13. The Labute approximate surface area is 116 Å². The molecule has 3 nitrogen and oxygen atoms in total. The maximum Gasteiger partial charge on any atom is 0.127 e. The largest absolute Gasteiger partial charge is 0.493 e. The van der Waals surface area contributed by atoms with Crippen LogP contribution in [0.5, 0.6) is 11.5 Å². The first-order chi connectivity index (χ1) is 9.31. The van der Waals surface area contributed by atoms with Gasteiger partial charge in [0.15, 0.2) is 0 Å². The molecule has 0 aliphatic heterocycles. The zero-order chi connectivity index (χ0) is 13.9. The highest BCUT2D eigenvalue weighted by Gasteiger charge is 2.05. The quantitative estimate of drug-likeness (QED) is 0.547. The minimum Gasteiger partial charge on any atom is -0.493 e. The van der Waals surface area contributed by atoms with Gasteiger partial charge in [-0.3, -0.25) is 0 Å². The predicted octanol–water partition coefficient (Wildman–Crippen LogP) is 2.99. The van der Waals surface area contributed by atoms with Crippen LogP contribution in [-0.2, 0) is 6.54 Å². The molecule has 104 valence electrons. The van der Waals surface area contributed by atoms with Crippen LogP contribution in [0.2, 0.25) is 0 Å². The van der Waals surface area contributed by atoms with Crippen LogP contribution in [0.1, 0.15) is 31.7 Å². The Hall–Kier alpha value is -1.66. The summed E-state index contributed by atoms with van der Waals surface area (Å²) in [6.07, 6.45) is 7.84. The molecule has 0 amide bonds. The van der Waals surface area contributed by atoms with Crippen LogP contribution in [0.4, 0.5) is 0 Å². The molecule has 0 bridgehead atoms. The Kier molecular flexibility index (Phi) is 7.53. The summed E-state index contributed by atoms with van der Waals surface area (Å²) in [7, 11) is 1.92. The summed E-state index contributed by atoms with van der Waals surface area (Å²) in [6, 6.07) is 5.98. The van der Waals surface area contributed by atoms with Crippen LogP contribution in [0.3, 0.4) is 0 Å². The Bertz CT molecular complexity index is 410. The van der Waals surface area contributed by atoms with E-state index in [9.17, 15) is 0 Å². The lowest BCUT2D eigenvalue weighted by atomic mass is 10.2. The molecule has 0 saturated heterocycles. The smallest absolute Gasteiger partial charge is 0.127 e. The summed E-state index contributed by atoms with van der Waals surface area (Å²) in [4.78, 5) is 0. The van der Waals surface area contributed by atoms with Crippen molar-refractivity contribution in [2.45, 2.75) is 32.7 Å². The van der Waals surface area contributed by atoms with E-state index in [0.717, 1.165) is 49.5 Å². The van der Waals surface area contributed by atoms with Gasteiger partial charge in [0.2, 0.25) is 0 Å². The first-order valence-electron chi connectivity index (χ1n) is 6.78. The number of ether oxygens (including phenoxy) is 2. The van der Waals surface area contributed by atoms with Crippen LogP contribution in [-0.4, -0.2) is 20.3 Å². The number of unbranched alkanes of at least 4 members (excludes halogenated alkanes) is 1. The molecule has 0 spiro atoms. The maximum absolute atomic E-state index is 5.80. The van der Waals surface area contributed by atoms with Crippen LogP contribution in [0.15, 0.2) is 18.2 Å². The molecule has 0 heterocycles. The highest BCUT2D eigenvalue weighted by Crippen LogP contribution is 2.25. The van der Waals surface area contributed by atoms with Gasteiger partial charge in [-0.25, -0.2) is 0 Å². The van der Waals surface area contributed by atoms with E-state index in [-0.39, 0.29) is 0 Å². The second-order valence-electron chi connectivity index (χ2n) is 4.30. The van der Waals surface area contributed by atoms with Crippen molar-refractivity contribution in [2.75, 3.05) is 20.3 Å². The lowest BCUT2D eigenvalue weighted by Crippen LogP contribution is -2.08. The van der Waals surface area contributed by atoms with Crippen LogP contribution < -0.4 is 14.8 Å². The standard InChI is InChI=1S/C16H23NO2/c1-4-6-7-11-19-16-12-15(18-10-5-2)9-8-14(16)13-17-3/h1,8-9,12,17H,5-7,10-11,13H2,2-3H3. The van der Waals surface area contributed by atoms with Crippen LogP contribution >= 0.6 is 0 Å². The number of benzene rings is 1. The van der Waals surface area contributed by atoms with Crippen molar-refractivity contribution in [1.29, 1.82) is 0 Å². The van der Waals surface area contributed by atoms with Gasteiger partial charge in [0.05, 0.1) is 13.2 Å². The van der Waals surface area contributed by atoms with E-state index in [1.54, 1.807) is 0 Å². The van der Waals surface area contributed by atoms with Crippen molar-refractivity contribution >= 4 is 0 Å². The zero-order valence-electron chi connectivity index (χ0n) is 11.9. The average Bonchev–Trinajstić information content (AvgIpc) is 2.43. The average molecular weight is 261 g/mol. The minimum atomic E-state index is 0.637. The molecule has 0 unspecified atom stereocenters. The van der Waals surface area contributed by atoms with Crippen molar-refractivity contribution in [3.63, 3.8) is 0 Å². The summed E-state index contributed by atoms with van der Waals surface area (Å²) in [5.41, 5.74) is 1.13. The SMILES string of the molecule is C#CCCCOc1cc(OCCC)ccc1CNC. The summed E-state index contributed by atoms with van der Waals surface area (Å²) < 4.78 is 11.4. The Balaban J connectivity index is 2.68. The fourth-order valence-electron chi connectivity index (χ4n) is 1.67. The maximum atomic E-state index is 5.80. The van der Waals surface area contributed by atoms with Crippen molar-refractivity contribution in [3.8, 4) is 23.8 Å². The molecule has 0 atom stereocenters. The van der Waals surface area contributed by atoms with E-state index < -0.39 is 0 Å². The third-order valence-electron chi connectivity index (χ3n) is 2.60. The molecular weight excluding hydrogens is 238 g/mol. The van der Waals surface area contributed by atoms with E-state index in [1.807, 2.05) is 25.2 Å². The summed E-state index contributed by atoms with van der Waals surface area (Å²) >= 11 is 0. The summed E-state index contributed by atoms with van der Waals surface area (Å²) in [5.74, 6) is 4.35. The second kappa shape index (κ2) is 9.29. The molecule has 0 aromatic heterocycles. The molecular formula is C16H23NO2. The zero-order valence-corrected chi connectivity index (χ0v) is 11.9. The van der Waals surface area contributed by atoms with E-state index >= 15 is 0 Å². The lowest BCUT2D eigenvalue weighted by molar-refractivity contribution is 0.296. The monoisotopic (exact) mass is 261 g/mol. The normalized spacial score (nSPS) is 9.95. The molecule has 3 heteroatoms. The van der Waals surface area contributed by atoms with Gasteiger partial charge in [0.1, 0.15) is 11.5 Å². The topological polar surface area (TPSA) is 30.5 Å². The second-order valence-corrected chi connectivity index (χ2v) is 4.30. The molecule has 1 aromatic carbocycles. The van der Waals surface area contributed by atoms with Gasteiger partial charge in [-0.15, -0.1) is 12.3 Å². The summed E-state index contributed by atoms with van der Waals surface area (Å²) in [6.45, 7) is 4.23. The summed E-state index contributed by atoms with van der Waals surface area (Å²) in [5, 5.41) is 3.14. The van der Waals surface area contributed by atoms with E-state index in [2.05, 4.69) is 18.2 Å². The number of nitrogens with one attached hydrogen (secondary N) is 1. The number of terminal acetylenes is 1. The molecule has 1 rings (SSSR count).